The maximum Gasteiger partial charge on any atom is 0.240 e. The number of ether oxygens (including phenoxy) is 1. The van der Waals surface area contributed by atoms with Gasteiger partial charge in [0.15, 0.2) is 0 Å². The third-order valence-corrected chi connectivity index (χ3v) is 5.69. The molecule has 0 radical (unpaired) electrons. The lowest BCUT2D eigenvalue weighted by Gasteiger charge is -2.35. The fraction of sp³-hybridized carbons (Fsp3) is 0.667. The van der Waals surface area contributed by atoms with E-state index in [1.165, 1.54) is 5.56 Å². The predicted molar refractivity (Wildman–Crippen MR) is 96.7 cm³/mol. The molecule has 5 nitrogen and oxygen atoms in total. The van der Waals surface area contributed by atoms with E-state index >= 15 is 0 Å². The van der Waals surface area contributed by atoms with Crippen LogP contribution in [0.4, 0.5) is 0 Å². The number of rotatable bonds is 8. The number of sulfonamides is 1. The molecule has 2 unspecified atom stereocenters. The Morgan fingerprint density at radius 3 is 2.38 bits per heavy atom. The first-order valence-corrected chi connectivity index (χ1v) is 10.4. The number of hydrogen-bond acceptors (Lipinski definition) is 4. The van der Waals surface area contributed by atoms with Gasteiger partial charge in [-0.3, -0.25) is 4.90 Å². The monoisotopic (exact) mass is 354 g/mol. The highest BCUT2D eigenvalue weighted by atomic mass is 32.2. The van der Waals surface area contributed by atoms with Crippen molar-refractivity contribution in [1.82, 2.24) is 9.62 Å². The number of nitrogens with one attached hydrogen (secondary N) is 1. The summed E-state index contributed by atoms with van der Waals surface area (Å²) < 4.78 is 33.0. The van der Waals surface area contributed by atoms with Gasteiger partial charge in [-0.15, -0.1) is 0 Å². The number of aryl methyl sites for hydroxylation is 1. The molecule has 1 aromatic carbocycles. The Balaban J connectivity index is 1.78. The minimum Gasteiger partial charge on any atom is -0.373 e. The third-order valence-electron chi connectivity index (χ3n) is 4.21. The molecule has 2 atom stereocenters. The minimum atomic E-state index is -3.41. The number of nitrogens with zero attached hydrogens (tertiary/aromatic N) is 1. The number of hydrogen-bond donors (Lipinski definition) is 1. The van der Waals surface area contributed by atoms with Crippen LogP contribution in [-0.4, -0.2) is 51.7 Å². The lowest BCUT2D eigenvalue weighted by atomic mass is 10.1. The molecule has 2 rings (SSSR count). The van der Waals surface area contributed by atoms with E-state index in [9.17, 15) is 8.42 Å². The molecule has 24 heavy (non-hydrogen) atoms. The number of benzene rings is 1. The van der Waals surface area contributed by atoms with Gasteiger partial charge in [0.2, 0.25) is 10.0 Å². The van der Waals surface area contributed by atoms with Gasteiger partial charge in [-0.2, -0.15) is 0 Å². The zero-order valence-electron chi connectivity index (χ0n) is 15.0. The smallest absolute Gasteiger partial charge is 0.240 e. The largest absolute Gasteiger partial charge is 0.373 e. The van der Waals surface area contributed by atoms with Crippen molar-refractivity contribution in [3.8, 4) is 0 Å². The van der Waals surface area contributed by atoms with E-state index in [2.05, 4.69) is 30.4 Å². The van der Waals surface area contributed by atoms with Crippen molar-refractivity contribution in [2.75, 3.05) is 26.2 Å². The maximum absolute atomic E-state index is 12.3. The van der Waals surface area contributed by atoms with Crippen LogP contribution in [0, 0.1) is 0 Å². The van der Waals surface area contributed by atoms with E-state index in [1.807, 2.05) is 12.1 Å². The van der Waals surface area contributed by atoms with Crippen molar-refractivity contribution in [1.29, 1.82) is 0 Å². The van der Waals surface area contributed by atoms with Crippen molar-refractivity contribution < 1.29 is 13.2 Å². The highest BCUT2D eigenvalue weighted by Crippen LogP contribution is 2.13. The van der Waals surface area contributed by atoms with Gasteiger partial charge in [-0.05, 0) is 50.9 Å². The van der Waals surface area contributed by atoms with Crippen LogP contribution in [-0.2, 0) is 21.2 Å². The van der Waals surface area contributed by atoms with E-state index in [0.717, 1.165) is 38.9 Å². The minimum absolute atomic E-state index is 0.243. The maximum atomic E-state index is 12.3. The zero-order valence-corrected chi connectivity index (χ0v) is 15.8. The summed E-state index contributed by atoms with van der Waals surface area (Å²) in [6, 6.07) is 7.18. The van der Waals surface area contributed by atoms with Crippen LogP contribution in [0.25, 0.3) is 0 Å². The van der Waals surface area contributed by atoms with Gasteiger partial charge in [-0.25, -0.2) is 13.1 Å². The second-order valence-electron chi connectivity index (χ2n) is 6.66. The molecule has 0 spiro atoms. The molecule has 1 aliphatic rings. The zero-order chi connectivity index (χ0) is 17.6. The first kappa shape index (κ1) is 19.4. The van der Waals surface area contributed by atoms with Gasteiger partial charge in [0.1, 0.15) is 0 Å². The van der Waals surface area contributed by atoms with Gasteiger partial charge < -0.3 is 4.74 Å². The molecule has 1 aromatic rings. The van der Waals surface area contributed by atoms with E-state index in [-0.39, 0.29) is 12.2 Å². The topological polar surface area (TPSA) is 58.6 Å². The molecule has 1 saturated heterocycles. The summed E-state index contributed by atoms with van der Waals surface area (Å²) in [6.07, 6.45) is 3.32. The molecule has 136 valence electrons. The fourth-order valence-corrected chi connectivity index (χ4v) is 4.26. The van der Waals surface area contributed by atoms with Gasteiger partial charge in [-0.1, -0.05) is 25.5 Å². The van der Waals surface area contributed by atoms with Crippen molar-refractivity contribution in [2.45, 2.75) is 57.1 Å². The molecule has 1 heterocycles. The van der Waals surface area contributed by atoms with Gasteiger partial charge in [0, 0.05) is 19.6 Å². The summed E-state index contributed by atoms with van der Waals surface area (Å²) in [5.74, 6) is 0. The van der Waals surface area contributed by atoms with Gasteiger partial charge in [0.05, 0.1) is 17.1 Å². The summed E-state index contributed by atoms with van der Waals surface area (Å²) >= 11 is 0. The average molecular weight is 355 g/mol. The predicted octanol–water partition coefficient (Wildman–Crippen LogP) is 2.42. The van der Waals surface area contributed by atoms with E-state index < -0.39 is 10.0 Å². The molecule has 6 heteroatoms. The first-order valence-electron chi connectivity index (χ1n) is 8.87. The number of morpholine rings is 1. The highest BCUT2D eigenvalue weighted by molar-refractivity contribution is 7.89. The van der Waals surface area contributed by atoms with Crippen LogP contribution in [0.1, 0.15) is 39.2 Å². The Morgan fingerprint density at radius 1 is 1.17 bits per heavy atom. The molecule has 0 bridgehead atoms. The molecule has 1 N–H and O–H groups in total. The molecular weight excluding hydrogens is 324 g/mol. The van der Waals surface area contributed by atoms with Gasteiger partial charge in [0.25, 0.3) is 0 Å². The molecule has 1 aliphatic heterocycles. The van der Waals surface area contributed by atoms with Crippen LogP contribution < -0.4 is 4.72 Å². The SMILES string of the molecule is CCCc1ccc(S(=O)(=O)NCCCN2CC(C)OC(C)C2)cc1. The first-order chi connectivity index (χ1) is 11.4. The van der Waals surface area contributed by atoms with Crippen molar-refractivity contribution in [3.05, 3.63) is 29.8 Å². The Kier molecular flexibility index (Phi) is 7.22. The molecule has 1 fully saturated rings. The molecule has 0 aliphatic carbocycles. The molecule has 0 saturated carbocycles. The third kappa shape index (κ3) is 5.84. The Hall–Kier alpha value is -0.950. The van der Waals surface area contributed by atoms with Crippen molar-refractivity contribution in [2.24, 2.45) is 0 Å². The summed E-state index contributed by atoms with van der Waals surface area (Å²) in [6.45, 7) is 9.43. The van der Waals surface area contributed by atoms with E-state index in [1.54, 1.807) is 12.1 Å². The normalized spacial score (nSPS) is 22.6. The molecule has 0 amide bonds. The van der Waals surface area contributed by atoms with Crippen molar-refractivity contribution in [3.63, 3.8) is 0 Å². The summed E-state index contributed by atoms with van der Waals surface area (Å²) in [5, 5.41) is 0. The van der Waals surface area contributed by atoms with Gasteiger partial charge >= 0.3 is 0 Å². The quantitative estimate of drug-likeness (QED) is 0.729. The summed E-state index contributed by atoms with van der Waals surface area (Å²) in [5.41, 5.74) is 1.17. The summed E-state index contributed by atoms with van der Waals surface area (Å²) in [7, 11) is -3.41. The van der Waals surface area contributed by atoms with Crippen LogP contribution in [0.15, 0.2) is 29.2 Å². The van der Waals surface area contributed by atoms with E-state index in [0.29, 0.717) is 11.4 Å². The Labute approximate surface area is 146 Å². The second-order valence-corrected chi connectivity index (χ2v) is 8.43. The lowest BCUT2D eigenvalue weighted by molar-refractivity contribution is -0.0679. The average Bonchev–Trinajstić information content (AvgIpc) is 2.52. The van der Waals surface area contributed by atoms with Crippen LogP contribution in [0.3, 0.4) is 0 Å². The van der Waals surface area contributed by atoms with E-state index in [4.69, 9.17) is 4.74 Å². The van der Waals surface area contributed by atoms with Crippen LogP contribution in [0.5, 0.6) is 0 Å². The molecular formula is C18H30N2O3S. The van der Waals surface area contributed by atoms with Crippen molar-refractivity contribution >= 4 is 10.0 Å². The molecule has 0 aromatic heterocycles. The fourth-order valence-electron chi connectivity index (χ4n) is 3.18. The van der Waals surface area contributed by atoms with Crippen LogP contribution in [0.2, 0.25) is 0 Å². The van der Waals surface area contributed by atoms with Crippen LogP contribution >= 0.6 is 0 Å². The Bertz CT molecular complexity index is 591. The standard InChI is InChI=1S/C18H30N2O3S/c1-4-6-17-7-9-18(10-8-17)24(21,22)19-11-5-12-20-13-15(2)23-16(3)14-20/h7-10,15-16,19H,4-6,11-14H2,1-3H3. The highest BCUT2D eigenvalue weighted by Gasteiger charge is 2.21. The Morgan fingerprint density at radius 2 is 1.79 bits per heavy atom. The lowest BCUT2D eigenvalue weighted by Crippen LogP contribution is -2.46. The second kappa shape index (κ2) is 8.94. The summed E-state index contributed by atoms with van der Waals surface area (Å²) in [4.78, 5) is 2.68.